The monoisotopic (exact) mass is 622 g/mol. The quantitative estimate of drug-likeness (QED) is 0.0556. The summed E-state index contributed by atoms with van der Waals surface area (Å²) in [6.07, 6.45) is 8.42. The summed E-state index contributed by atoms with van der Waals surface area (Å²) in [7, 11) is 0. The lowest BCUT2D eigenvalue weighted by Gasteiger charge is -2.40. The molecule has 3 aromatic carbocycles. The van der Waals surface area contributed by atoms with E-state index >= 15 is 0 Å². The molecular weight excluding hydrogens is 572 g/mol. The van der Waals surface area contributed by atoms with Gasteiger partial charge >= 0.3 is 11.9 Å². The number of hydrogen-bond donors (Lipinski definition) is 0. The van der Waals surface area contributed by atoms with E-state index in [0.717, 1.165) is 54.4 Å². The smallest absolute Gasteiger partial charge is 0.331 e. The first-order chi connectivity index (χ1) is 22.0. The van der Waals surface area contributed by atoms with E-state index in [-0.39, 0.29) is 30.6 Å². The lowest BCUT2D eigenvalue weighted by atomic mass is 9.79. The Balaban J connectivity index is 1.34. The minimum Gasteiger partial charge on any atom is -0.461 e. The lowest BCUT2D eigenvalue weighted by molar-refractivity contribution is -0.194. The van der Waals surface area contributed by atoms with Gasteiger partial charge in [-0.25, -0.2) is 4.79 Å². The van der Waals surface area contributed by atoms with E-state index in [0.29, 0.717) is 5.92 Å². The molecule has 0 unspecified atom stereocenters. The molecule has 1 saturated heterocycles. The third kappa shape index (κ3) is 9.53. The van der Waals surface area contributed by atoms with Crippen molar-refractivity contribution in [1.82, 2.24) is 0 Å². The normalized spacial score (nSPS) is 18.0. The Bertz CT molecular complexity index is 1370. The molecule has 1 heterocycles. The van der Waals surface area contributed by atoms with E-state index in [1.54, 1.807) is 6.08 Å². The molecule has 1 aliphatic heterocycles. The molecule has 0 bridgehead atoms. The van der Waals surface area contributed by atoms with Crippen LogP contribution < -0.4 is 0 Å². The maximum Gasteiger partial charge on any atom is 0.331 e. The number of cyclic esters (lactones) is 1. The molecule has 0 amide bonds. The summed E-state index contributed by atoms with van der Waals surface area (Å²) in [6.45, 7) is 12.2. The average molecular weight is 623 g/mol. The van der Waals surface area contributed by atoms with Crippen molar-refractivity contribution in [2.45, 2.75) is 91.0 Å². The Morgan fingerprint density at radius 2 is 1.35 bits per heavy atom. The highest BCUT2D eigenvalue weighted by Crippen LogP contribution is 2.42. The third-order valence-electron chi connectivity index (χ3n) is 8.37. The Labute approximate surface area is 275 Å². The molecule has 1 aliphatic rings. The van der Waals surface area contributed by atoms with Crippen LogP contribution in [0.4, 0.5) is 0 Å². The summed E-state index contributed by atoms with van der Waals surface area (Å²) in [5.74, 6) is -0.278. The molecule has 3 atom stereocenters. The largest absolute Gasteiger partial charge is 0.461 e. The number of ether oxygens (including phenoxy) is 3. The Kier molecular flexibility index (Phi) is 12.2. The van der Waals surface area contributed by atoms with Crippen LogP contribution in [0.2, 0.25) is 0 Å². The van der Waals surface area contributed by atoms with E-state index in [9.17, 15) is 9.59 Å². The van der Waals surface area contributed by atoms with Crippen LogP contribution in [0.1, 0.15) is 90.3 Å². The van der Waals surface area contributed by atoms with Gasteiger partial charge in [-0.15, -0.1) is 0 Å². The minimum absolute atomic E-state index is 0.134. The topological polar surface area (TPSA) is 61.8 Å². The van der Waals surface area contributed by atoms with E-state index < -0.39 is 11.2 Å². The van der Waals surface area contributed by atoms with E-state index in [4.69, 9.17) is 14.2 Å². The molecule has 46 heavy (non-hydrogen) atoms. The van der Waals surface area contributed by atoms with Crippen LogP contribution in [-0.4, -0.2) is 30.3 Å². The van der Waals surface area contributed by atoms with Crippen LogP contribution in [0.25, 0.3) is 0 Å². The molecule has 3 aromatic rings. The Morgan fingerprint density at radius 1 is 0.826 bits per heavy atom. The van der Waals surface area contributed by atoms with Gasteiger partial charge in [0.05, 0.1) is 6.61 Å². The SMILES string of the molecule is CC(=C\C(=O)OC(C)(C)C)/C=C(\C)C[C@H](C)CCCC[C@H]1OC(=O)[C@@H]1COC(c1ccccc1)(c1ccccc1)c1ccccc1. The maximum absolute atomic E-state index is 12.7. The van der Waals surface area contributed by atoms with Crippen molar-refractivity contribution in [1.29, 1.82) is 0 Å². The predicted octanol–water partition coefficient (Wildman–Crippen LogP) is 9.36. The lowest BCUT2D eigenvalue weighted by Crippen LogP contribution is -2.49. The fourth-order valence-electron chi connectivity index (χ4n) is 6.31. The van der Waals surface area contributed by atoms with Crippen molar-refractivity contribution < 1.29 is 23.8 Å². The van der Waals surface area contributed by atoms with Crippen LogP contribution >= 0.6 is 0 Å². The van der Waals surface area contributed by atoms with Crippen molar-refractivity contribution in [2.24, 2.45) is 11.8 Å². The summed E-state index contributed by atoms with van der Waals surface area (Å²) in [6, 6.07) is 30.7. The molecule has 0 radical (unpaired) electrons. The maximum atomic E-state index is 12.7. The van der Waals surface area contributed by atoms with Crippen molar-refractivity contribution in [3.8, 4) is 0 Å². The zero-order valence-corrected chi connectivity index (χ0v) is 28.3. The molecular formula is C41H50O5. The van der Waals surface area contributed by atoms with Crippen LogP contribution in [0.5, 0.6) is 0 Å². The van der Waals surface area contributed by atoms with Gasteiger partial charge in [0.15, 0.2) is 0 Å². The highest BCUT2D eigenvalue weighted by Gasteiger charge is 2.45. The number of allylic oxidation sites excluding steroid dienone is 3. The van der Waals surface area contributed by atoms with Gasteiger partial charge in [-0.05, 0) is 82.1 Å². The molecule has 5 nitrogen and oxygen atoms in total. The summed E-state index contributed by atoms with van der Waals surface area (Å²) in [4.78, 5) is 24.8. The average Bonchev–Trinajstić information content (AvgIpc) is 3.01. The van der Waals surface area contributed by atoms with Crippen molar-refractivity contribution in [2.75, 3.05) is 6.61 Å². The Morgan fingerprint density at radius 3 is 1.83 bits per heavy atom. The van der Waals surface area contributed by atoms with Gasteiger partial charge in [-0.3, -0.25) is 4.79 Å². The number of esters is 2. The fraction of sp³-hybridized carbons (Fsp3) is 0.415. The standard InChI is InChI=1S/C41H50O5/c1-30(26-31(2)27-32(3)28-38(42)46-40(4,5)6)18-16-17-25-37-36(39(43)45-37)29-44-41(33-19-10-7-11-20-33,34-21-12-8-13-22-34)35-23-14-9-15-24-35/h7-15,19-24,27-28,30,36-37H,16-18,25-26,29H2,1-6H3/b31-27+,32-28+/t30-,36-,37-/m1/s1. The van der Waals surface area contributed by atoms with E-state index in [2.05, 4.69) is 56.3 Å². The van der Waals surface area contributed by atoms with Gasteiger partial charge in [-0.1, -0.05) is 122 Å². The second kappa shape index (κ2) is 16.0. The highest BCUT2D eigenvalue weighted by molar-refractivity contribution is 5.83. The van der Waals surface area contributed by atoms with Gasteiger partial charge < -0.3 is 14.2 Å². The summed E-state index contributed by atoms with van der Waals surface area (Å²) in [5, 5.41) is 0. The Hall–Kier alpha value is -3.96. The van der Waals surface area contributed by atoms with Crippen LogP contribution in [0, 0.1) is 11.8 Å². The van der Waals surface area contributed by atoms with Crippen molar-refractivity contribution in [3.05, 3.63) is 131 Å². The first-order valence-electron chi connectivity index (χ1n) is 16.6. The molecule has 0 saturated carbocycles. The summed E-state index contributed by atoms with van der Waals surface area (Å²) < 4.78 is 18.0. The third-order valence-corrected chi connectivity index (χ3v) is 8.37. The number of rotatable bonds is 15. The number of unbranched alkanes of at least 4 members (excludes halogenated alkanes) is 1. The number of carbonyl (C=O) groups is 2. The van der Waals surface area contributed by atoms with Gasteiger partial charge in [0.2, 0.25) is 0 Å². The first-order valence-corrected chi connectivity index (χ1v) is 16.6. The molecule has 4 rings (SSSR count). The van der Waals surface area contributed by atoms with Gasteiger partial charge in [0, 0.05) is 6.08 Å². The number of carbonyl (C=O) groups excluding carboxylic acids is 2. The van der Waals surface area contributed by atoms with Crippen LogP contribution in [0.15, 0.2) is 114 Å². The summed E-state index contributed by atoms with van der Waals surface area (Å²) >= 11 is 0. The zero-order chi connectivity index (χ0) is 33.2. The first kappa shape index (κ1) is 34.9. The van der Waals surface area contributed by atoms with Crippen molar-refractivity contribution >= 4 is 11.9 Å². The fourth-order valence-corrected chi connectivity index (χ4v) is 6.31. The molecule has 5 heteroatoms. The molecule has 0 N–H and O–H groups in total. The van der Waals surface area contributed by atoms with E-state index in [1.165, 1.54) is 5.57 Å². The molecule has 244 valence electrons. The van der Waals surface area contributed by atoms with Crippen molar-refractivity contribution in [3.63, 3.8) is 0 Å². The summed E-state index contributed by atoms with van der Waals surface area (Å²) in [5.41, 5.74) is 3.85. The second-order valence-electron chi connectivity index (χ2n) is 13.7. The van der Waals surface area contributed by atoms with Crippen LogP contribution in [-0.2, 0) is 29.4 Å². The molecule has 0 aromatic heterocycles. The number of hydrogen-bond acceptors (Lipinski definition) is 5. The highest BCUT2D eigenvalue weighted by atomic mass is 16.6. The molecule has 0 aliphatic carbocycles. The predicted molar refractivity (Wildman–Crippen MR) is 184 cm³/mol. The van der Waals surface area contributed by atoms with Gasteiger partial charge in [-0.2, -0.15) is 0 Å². The second-order valence-corrected chi connectivity index (χ2v) is 13.7. The van der Waals surface area contributed by atoms with Gasteiger partial charge in [0.1, 0.15) is 23.2 Å². The van der Waals surface area contributed by atoms with Gasteiger partial charge in [0.25, 0.3) is 0 Å². The van der Waals surface area contributed by atoms with E-state index in [1.807, 2.05) is 82.3 Å². The number of benzene rings is 3. The molecule has 1 fully saturated rings. The van der Waals surface area contributed by atoms with Crippen LogP contribution in [0.3, 0.4) is 0 Å². The zero-order valence-electron chi connectivity index (χ0n) is 28.3. The minimum atomic E-state index is -0.856. The molecule has 0 spiro atoms.